The van der Waals surface area contributed by atoms with Crippen LogP contribution in [0.15, 0.2) is 0 Å². The Hall–Kier alpha value is -1.10. The lowest BCUT2D eigenvalue weighted by Crippen LogP contribution is -2.41. The number of aliphatic hydroxyl groups is 1. The Kier molecular flexibility index (Phi) is 6.65. The number of amides is 1. The first-order chi connectivity index (χ1) is 9.81. The molecular weight excluding hydrogens is 270 g/mol. The van der Waals surface area contributed by atoms with E-state index in [0.717, 1.165) is 25.7 Å². The maximum Gasteiger partial charge on any atom is 0.310 e. The monoisotopic (exact) mass is 299 g/mol. The van der Waals surface area contributed by atoms with E-state index in [4.69, 9.17) is 0 Å². The van der Waals surface area contributed by atoms with Crippen molar-refractivity contribution < 1.29 is 19.8 Å². The highest BCUT2D eigenvalue weighted by Gasteiger charge is 2.39. The molecule has 0 radical (unpaired) electrons. The highest BCUT2D eigenvalue weighted by atomic mass is 16.4. The van der Waals surface area contributed by atoms with Gasteiger partial charge in [0.05, 0.1) is 5.41 Å². The van der Waals surface area contributed by atoms with Gasteiger partial charge >= 0.3 is 5.97 Å². The highest BCUT2D eigenvalue weighted by molar-refractivity contribution is 5.84. The Morgan fingerprint density at radius 2 is 1.81 bits per heavy atom. The van der Waals surface area contributed by atoms with Gasteiger partial charge in [0, 0.05) is 19.6 Å². The van der Waals surface area contributed by atoms with Crippen molar-refractivity contribution in [2.75, 3.05) is 13.2 Å². The van der Waals surface area contributed by atoms with Gasteiger partial charge in [-0.1, -0.05) is 26.7 Å². The lowest BCUT2D eigenvalue weighted by molar-refractivity contribution is -0.153. The molecule has 5 nitrogen and oxygen atoms in total. The molecule has 1 rings (SSSR count). The molecule has 1 amide bonds. The van der Waals surface area contributed by atoms with Gasteiger partial charge in [0.1, 0.15) is 0 Å². The predicted octanol–water partition coefficient (Wildman–Crippen LogP) is 2.04. The minimum atomic E-state index is -1.03. The predicted molar refractivity (Wildman–Crippen MR) is 80.7 cm³/mol. The lowest BCUT2D eigenvalue weighted by Gasteiger charge is -2.31. The third kappa shape index (κ3) is 4.70. The lowest BCUT2D eigenvalue weighted by atomic mass is 9.76. The molecule has 1 fully saturated rings. The number of carbonyl (C=O) groups is 2. The van der Waals surface area contributed by atoms with Gasteiger partial charge in [0.2, 0.25) is 5.91 Å². The van der Waals surface area contributed by atoms with Gasteiger partial charge in [-0.05, 0) is 37.5 Å². The number of carboxylic acids is 1. The number of carbonyl (C=O) groups excluding carboxylic acids is 1. The Morgan fingerprint density at radius 3 is 2.29 bits per heavy atom. The summed E-state index contributed by atoms with van der Waals surface area (Å²) in [7, 11) is 0. The first kappa shape index (κ1) is 18.0. The minimum Gasteiger partial charge on any atom is -0.481 e. The molecule has 0 aromatic carbocycles. The number of nitrogens with one attached hydrogen (secondary N) is 1. The van der Waals surface area contributed by atoms with Gasteiger partial charge in [-0.2, -0.15) is 0 Å². The molecule has 0 spiro atoms. The molecule has 3 unspecified atom stereocenters. The smallest absolute Gasteiger partial charge is 0.310 e. The summed E-state index contributed by atoms with van der Waals surface area (Å²) in [5, 5.41) is 21.6. The van der Waals surface area contributed by atoms with Crippen LogP contribution < -0.4 is 5.32 Å². The van der Waals surface area contributed by atoms with Crippen LogP contribution in [0.4, 0.5) is 0 Å². The first-order valence-electron chi connectivity index (χ1n) is 7.92. The van der Waals surface area contributed by atoms with E-state index < -0.39 is 11.4 Å². The fraction of sp³-hybridized carbons (Fsp3) is 0.875. The molecule has 3 N–H and O–H groups in total. The van der Waals surface area contributed by atoms with E-state index in [1.165, 1.54) is 0 Å². The molecule has 1 aliphatic rings. The third-order valence-corrected chi connectivity index (χ3v) is 5.15. The van der Waals surface area contributed by atoms with Crippen LogP contribution in [0.5, 0.6) is 0 Å². The second-order valence-corrected chi connectivity index (χ2v) is 6.85. The van der Waals surface area contributed by atoms with E-state index in [1.807, 2.05) is 13.8 Å². The highest BCUT2D eigenvalue weighted by Crippen LogP contribution is 2.32. The van der Waals surface area contributed by atoms with E-state index in [0.29, 0.717) is 12.5 Å². The topological polar surface area (TPSA) is 86.6 Å². The van der Waals surface area contributed by atoms with Crippen molar-refractivity contribution in [1.29, 1.82) is 0 Å². The summed E-state index contributed by atoms with van der Waals surface area (Å²) >= 11 is 0. The Bertz CT molecular complexity index is 369. The molecular formula is C16H29NO4. The maximum atomic E-state index is 12.1. The van der Waals surface area contributed by atoms with Gasteiger partial charge in [0.25, 0.3) is 0 Å². The summed E-state index contributed by atoms with van der Waals surface area (Å²) in [5.41, 5.74) is -1.03. The summed E-state index contributed by atoms with van der Waals surface area (Å²) < 4.78 is 0. The summed E-state index contributed by atoms with van der Waals surface area (Å²) in [6.45, 7) is 5.97. The van der Waals surface area contributed by atoms with Gasteiger partial charge in [-0.15, -0.1) is 0 Å². The number of hydrogen-bond donors (Lipinski definition) is 3. The molecule has 0 heterocycles. The van der Waals surface area contributed by atoms with E-state index in [2.05, 4.69) is 5.32 Å². The fourth-order valence-electron chi connectivity index (χ4n) is 2.96. The van der Waals surface area contributed by atoms with E-state index >= 15 is 0 Å². The number of carboxylic acid groups (broad SMARTS) is 1. The summed E-state index contributed by atoms with van der Waals surface area (Å²) in [4.78, 5) is 23.5. The van der Waals surface area contributed by atoms with Crippen LogP contribution in [-0.4, -0.2) is 35.2 Å². The molecule has 0 bridgehead atoms. The molecule has 1 saturated carbocycles. The molecule has 0 saturated heterocycles. The van der Waals surface area contributed by atoms with Gasteiger partial charge in [-0.25, -0.2) is 0 Å². The standard InChI is InChI=1S/C16H29NO4/c1-11(2)16(3,15(20)21)8-14(19)17-9-12-6-4-5-7-13(12)10-18/h11-13,18H,4-10H2,1-3H3,(H,17,19)(H,20,21). The molecule has 0 aromatic rings. The molecule has 5 heteroatoms. The quantitative estimate of drug-likeness (QED) is 0.671. The number of aliphatic carboxylic acids is 1. The summed E-state index contributed by atoms with van der Waals surface area (Å²) in [6, 6.07) is 0. The SMILES string of the molecule is CC(C)C(C)(CC(=O)NCC1CCCCC1CO)C(=O)O. The van der Waals surface area contributed by atoms with Crippen molar-refractivity contribution in [3.8, 4) is 0 Å². The van der Waals surface area contributed by atoms with Crippen molar-refractivity contribution in [1.82, 2.24) is 5.32 Å². The van der Waals surface area contributed by atoms with E-state index in [1.54, 1.807) is 6.92 Å². The molecule has 122 valence electrons. The van der Waals surface area contributed by atoms with Gasteiger partial charge in [-0.3, -0.25) is 9.59 Å². The van der Waals surface area contributed by atoms with Crippen LogP contribution in [-0.2, 0) is 9.59 Å². The largest absolute Gasteiger partial charge is 0.481 e. The van der Waals surface area contributed by atoms with Crippen LogP contribution in [0, 0.1) is 23.2 Å². The Balaban J connectivity index is 2.51. The number of rotatable bonds is 7. The van der Waals surface area contributed by atoms with E-state index in [9.17, 15) is 19.8 Å². The summed E-state index contributed by atoms with van der Waals surface area (Å²) in [5.74, 6) is -0.687. The molecule has 21 heavy (non-hydrogen) atoms. The Labute approximate surface area is 127 Å². The second-order valence-electron chi connectivity index (χ2n) is 6.85. The van der Waals surface area contributed by atoms with E-state index in [-0.39, 0.29) is 30.8 Å². The second kappa shape index (κ2) is 7.78. The maximum absolute atomic E-state index is 12.1. The number of aliphatic hydroxyl groups excluding tert-OH is 1. The van der Waals surface area contributed by atoms with Crippen LogP contribution in [0.2, 0.25) is 0 Å². The minimum absolute atomic E-state index is 0.00346. The number of hydrogen-bond acceptors (Lipinski definition) is 3. The molecule has 3 atom stereocenters. The third-order valence-electron chi connectivity index (χ3n) is 5.15. The van der Waals surface area contributed by atoms with Crippen molar-refractivity contribution in [2.45, 2.75) is 52.9 Å². The zero-order valence-corrected chi connectivity index (χ0v) is 13.4. The molecule has 0 aromatic heterocycles. The average Bonchev–Trinajstić information content (AvgIpc) is 2.44. The van der Waals surface area contributed by atoms with Crippen molar-refractivity contribution in [2.24, 2.45) is 23.2 Å². The average molecular weight is 299 g/mol. The van der Waals surface area contributed by atoms with Gasteiger partial charge in [0.15, 0.2) is 0 Å². The van der Waals surface area contributed by atoms with Crippen LogP contribution in [0.25, 0.3) is 0 Å². The normalized spacial score (nSPS) is 25.4. The van der Waals surface area contributed by atoms with Crippen molar-refractivity contribution in [3.63, 3.8) is 0 Å². The first-order valence-corrected chi connectivity index (χ1v) is 7.92. The molecule has 1 aliphatic carbocycles. The zero-order valence-electron chi connectivity index (χ0n) is 13.4. The van der Waals surface area contributed by atoms with Crippen LogP contribution >= 0.6 is 0 Å². The van der Waals surface area contributed by atoms with Gasteiger partial charge < -0.3 is 15.5 Å². The van der Waals surface area contributed by atoms with Crippen LogP contribution in [0.1, 0.15) is 52.9 Å². The van der Waals surface area contributed by atoms with Crippen LogP contribution in [0.3, 0.4) is 0 Å². The van der Waals surface area contributed by atoms with Crippen molar-refractivity contribution in [3.05, 3.63) is 0 Å². The Morgan fingerprint density at radius 1 is 1.24 bits per heavy atom. The molecule has 0 aliphatic heterocycles. The van der Waals surface area contributed by atoms with Crippen molar-refractivity contribution >= 4 is 11.9 Å². The zero-order chi connectivity index (χ0) is 16.0. The summed E-state index contributed by atoms with van der Waals surface area (Å²) in [6.07, 6.45) is 4.30. The fourth-order valence-corrected chi connectivity index (χ4v) is 2.96.